The van der Waals surface area contributed by atoms with Crippen LogP contribution >= 0.6 is 15.9 Å². The zero-order valence-electron chi connectivity index (χ0n) is 17.6. The van der Waals surface area contributed by atoms with Crippen molar-refractivity contribution in [3.63, 3.8) is 0 Å². The molecular weight excluding hydrogens is 472 g/mol. The van der Waals surface area contributed by atoms with Gasteiger partial charge in [-0.15, -0.1) is 0 Å². The first-order valence-corrected chi connectivity index (χ1v) is 10.8. The van der Waals surface area contributed by atoms with E-state index in [-0.39, 0.29) is 24.0 Å². The Labute approximate surface area is 193 Å². The van der Waals surface area contributed by atoms with Crippen LogP contribution in [0.3, 0.4) is 0 Å². The SMILES string of the molecule is Cc1nc(CN(C)C(=O)Cc2ccc(NC(=O)c3ccc(Br)o3)cc2)nc2ccccc12. The molecule has 2 amide bonds. The molecule has 0 bridgehead atoms. The van der Waals surface area contributed by atoms with E-state index < -0.39 is 0 Å². The minimum absolute atomic E-state index is 0.0448. The highest BCUT2D eigenvalue weighted by atomic mass is 79.9. The van der Waals surface area contributed by atoms with Crippen molar-refractivity contribution in [1.29, 1.82) is 0 Å². The summed E-state index contributed by atoms with van der Waals surface area (Å²) >= 11 is 3.17. The highest BCUT2D eigenvalue weighted by Gasteiger charge is 2.14. The second-order valence-electron chi connectivity index (χ2n) is 7.42. The molecule has 0 saturated heterocycles. The molecule has 8 heteroatoms. The Balaban J connectivity index is 1.36. The minimum Gasteiger partial charge on any atom is -0.444 e. The van der Waals surface area contributed by atoms with E-state index in [0.717, 1.165) is 22.2 Å². The van der Waals surface area contributed by atoms with Crippen molar-refractivity contribution in [1.82, 2.24) is 14.9 Å². The molecule has 0 aliphatic rings. The normalized spacial score (nSPS) is 10.8. The maximum atomic E-state index is 12.7. The van der Waals surface area contributed by atoms with E-state index in [9.17, 15) is 9.59 Å². The molecule has 32 heavy (non-hydrogen) atoms. The molecule has 0 saturated carbocycles. The van der Waals surface area contributed by atoms with E-state index in [2.05, 4.69) is 31.2 Å². The summed E-state index contributed by atoms with van der Waals surface area (Å²) in [5, 5.41) is 3.77. The zero-order chi connectivity index (χ0) is 22.7. The topological polar surface area (TPSA) is 88.3 Å². The first-order chi connectivity index (χ1) is 15.4. The highest BCUT2D eigenvalue weighted by molar-refractivity contribution is 9.10. The molecule has 0 aliphatic carbocycles. The van der Waals surface area contributed by atoms with Crippen LogP contribution in [-0.2, 0) is 17.8 Å². The summed E-state index contributed by atoms with van der Waals surface area (Å²) in [7, 11) is 1.74. The maximum Gasteiger partial charge on any atom is 0.291 e. The van der Waals surface area contributed by atoms with E-state index in [1.807, 2.05) is 43.3 Å². The number of para-hydroxylation sites is 1. The molecule has 162 valence electrons. The van der Waals surface area contributed by atoms with Crippen LogP contribution in [-0.4, -0.2) is 33.7 Å². The molecule has 0 unspecified atom stereocenters. The van der Waals surface area contributed by atoms with Gasteiger partial charge in [0.1, 0.15) is 5.82 Å². The summed E-state index contributed by atoms with van der Waals surface area (Å²) < 4.78 is 5.73. The number of hydrogen-bond donors (Lipinski definition) is 1. The standard InChI is InChI=1S/C24H21BrN4O3/c1-15-18-5-3-4-6-19(18)28-22(26-15)14-29(2)23(30)13-16-7-9-17(10-8-16)27-24(31)20-11-12-21(25)32-20/h3-12H,13-14H2,1-2H3,(H,27,31). The number of halogens is 1. The number of fused-ring (bicyclic) bond motifs is 1. The quantitative estimate of drug-likeness (QED) is 0.419. The fraction of sp³-hybridized carbons (Fsp3) is 0.167. The predicted octanol–water partition coefficient (Wildman–Crippen LogP) is 4.75. The van der Waals surface area contributed by atoms with Gasteiger partial charge in [-0.05, 0) is 58.7 Å². The number of rotatable bonds is 6. The van der Waals surface area contributed by atoms with Gasteiger partial charge in [-0.3, -0.25) is 9.59 Å². The molecular formula is C24H21BrN4O3. The van der Waals surface area contributed by atoms with Gasteiger partial charge in [0.05, 0.1) is 18.5 Å². The van der Waals surface area contributed by atoms with Crippen LogP contribution < -0.4 is 5.32 Å². The summed E-state index contributed by atoms with van der Waals surface area (Å²) in [4.78, 5) is 35.6. The predicted molar refractivity (Wildman–Crippen MR) is 125 cm³/mol. The summed E-state index contributed by atoms with van der Waals surface area (Å²) in [6.45, 7) is 2.28. The lowest BCUT2D eigenvalue weighted by atomic mass is 10.1. The van der Waals surface area contributed by atoms with Crippen molar-refractivity contribution >= 4 is 44.3 Å². The van der Waals surface area contributed by atoms with Crippen molar-refractivity contribution in [3.05, 3.63) is 88.2 Å². The molecule has 7 nitrogen and oxygen atoms in total. The zero-order valence-corrected chi connectivity index (χ0v) is 19.2. The second-order valence-corrected chi connectivity index (χ2v) is 8.21. The van der Waals surface area contributed by atoms with Crippen LogP contribution in [0.4, 0.5) is 5.69 Å². The second kappa shape index (κ2) is 9.32. The van der Waals surface area contributed by atoms with E-state index in [1.54, 1.807) is 36.2 Å². The summed E-state index contributed by atoms with van der Waals surface area (Å²) in [5.41, 5.74) is 3.23. The number of hydrogen-bond acceptors (Lipinski definition) is 5. The average Bonchev–Trinajstić information content (AvgIpc) is 3.21. The average molecular weight is 493 g/mol. The summed E-state index contributed by atoms with van der Waals surface area (Å²) in [6.07, 6.45) is 0.239. The van der Waals surface area contributed by atoms with Gasteiger partial charge in [-0.1, -0.05) is 30.3 Å². The summed E-state index contributed by atoms with van der Waals surface area (Å²) in [5.74, 6) is 0.435. The number of benzene rings is 2. The third kappa shape index (κ3) is 5.03. The first kappa shape index (κ1) is 21.7. The van der Waals surface area contributed by atoms with Crippen LogP contribution in [0, 0.1) is 6.92 Å². The Hall–Kier alpha value is -3.52. The van der Waals surface area contributed by atoms with Gasteiger partial charge in [-0.2, -0.15) is 0 Å². The van der Waals surface area contributed by atoms with Gasteiger partial charge in [0.2, 0.25) is 5.91 Å². The van der Waals surface area contributed by atoms with E-state index in [4.69, 9.17) is 4.42 Å². The number of furan rings is 1. The van der Waals surface area contributed by atoms with Gasteiger partial charge in [0.15, 0.2) is 10.4 Å². The van der Waals surface area contributed by atoms with E-state index in [0.29, 0.717) is 22.7 Å². The number of aryl methyl sites for hydroxylation is 1. The Morgan fingerprint density at radius 3 is 2.50 bits per heavy atom. The summed E-state index contributed by atoms with van der Waals surface area (Å²) in [6, 6.07) is 18.2. The Bertz CT molecular complexity index is 1280. The Morgan fingerprint density at radius 1 is 1.03 bits per heavy atom. The van der Waals surface area contributed by atoms with Crippen molar-refractivity contribution in [2.45, 2.75) is 19.9 Å². The van der Waals surface area contributed by atoms with Gasteiger partial charge in [-0.25, -0.2) is 9.97 Å². The number of anilines is 1. The van der Waals surface area contributed by atoms with Crippen LogP contribution in [0.5, 0.6) is 0 Å². The lowest BCUT2D eigenvalue weighted by molar-refractivity contribution is -0.129. The van der Waals surface area contributed by atoms with Crippen molar-refractivity contribution in [2.24, 2.45) is 0 Å². The number of nitrogens with one attached hydrogen (secondary N) is 1. The first-order valence-electron chi connectivity index (χ1n) is 10.0. The molecule has 2 heterocycles. The van der Waals surface area contributed by atoms with Crippen LogP contribution in [0.15, 0.2) is 69.8 Å². The molecule has 0 atom stereocenters. The molecule has 4 aromatic rings. The van der Waals surface area contributed by atoms with E-state index >= 15 is 0 Å². The largest absolute Gasteiger partial charge is 0.444 e. The molecule has 0 spiro atoms. The Morgan fingerprint density at radius 2 is 1.78 bits per heavy atom. The highest BCUT2D eigenvalue weighted by Crippen LogP contribution is 2.18. The van der Waals surface area contributed by atoms with Crippen molar-refractivity contribution in [3.8, 4) is 0 Å². The third-order valence-electron chi connectivity index (χ3n) is 5.01. The number of carbonyl (C=O) groups excluding carboxylic acids is 2. The molecule has 1 N–H and O–H groups in total. The van der Waals surface area contributed by atoms with Crippen LogP contribution in [0.1, 0.15) is 27.6 Å². The van der Waals surface area contributed by atoms with Crippen LogP contribution in [0.2, 0.25) is 0 Å². The number of nitrogens with zero attached hydrogens (tertiary/aromatic N) is 3. The molecule has 0 aliphatic heterocycles. The molecule has 0 radical (unpaired) electrons. The smallest absolute Gasteiger partial charge is 0.291 e. The van der Waals surface area contributed by atoms with Crippen molar-refractivity contribution in [2.75, 3.05) is 12.4 Å². The molecule has 2 aromatic carbocycles. The minimum atomic E-state index is -0.343. The number of amides is 2. The lowest BCUT2D eigenvalue weighted by Crippen LogP contribution is -2.28. The molecule has 4 rings (SSSR count). The number of aromatic nitrogens is 2. The van der Waals surface area contributed by atoms with Gasteiger partial charge in [0.25, 0.3) is 5.91 Å². The van der Waals surface area contributed by atoms with E-state index in [1.165, 1.54) is 0 Å². The third-order valence-corrected chi connectivity index (χ3v) is 5.43. The maximum absolute atomic E-state index is 12.7. The fourth-order valence-corrected chi connectivity index (χ4v) is 3.62. The van der Waals surface area contributed by atoms with Crippen molar-refractivity contribution < 1.29 is 14.0 Å². The number of likely N-dealkylation sites (N-methyl/N-ethyl adjacent to an activating group) is 1. The van der Waals surface area contributed by atoms with Gasteiger partial charge in [0, 0.05) is 23.8 Å². The molecule has 0 fully saturated rings. The Kier molecular flexibility index (Phi) is 6.32. The van der Waals surface area contributed by atoms with Crippen LogP contribution in [0.25, 0.3) is 10.9 Å². The van der Waals surface area contributed by atoms with Gasteiger partial charge < -0.3 is 14.6 Å². The van der Waals surface area contributed by atoms with Gasteiger partial charge >= 0.3 is 0 Å². The molecule has 2 aromatic heterocycles. The fourth-order valence-electron chi connectivity index (χ4n) is 3.31. The number of carbonyl (C=O) groups is 2. The monoisotopic (exact) mass is 492 g/mol. The lowest BCUT2D eigenvalue weighted by Gasteiger charge is -2.17.